The van der Waals surface area contributed by atoms with E-state index in [-0.39, 0.29) is 29.5 Å². The summed E-state index contributed by atoms with van der Waals surface area (Å²) in [6.45, 7) is 2.70. The first-order valence-corrected chi connectivity index (χ1v) is 13.6. The van der Waals surface area contributed by atoms with Crippen molar-refractivity contribution in [1.29, 1.82) is 0 Å². The molecule has 1 aliphatic heterocycles. The Balaban J connectivity index is 1.71. The second-order valence-electron chi connectivity index (χ2n) is 9.33. The van der Waals surface area contributed by atoms with E-state index >= 15 is 0 Å². The SMILES string of the molecule is CC(C)NC(=O)[C@H](Cc1ccccc1)N(Cc1ccc(F)cc1)C(=O)CN1C(=O)c2ccccc2S1(=O)=O. The smallest absolute Gasteiger partial charge is 0.269 e. The summed E-state index contributed by atoms with van der Waals surface area (Å²) in [5, 5.41) is 2.83. The molecule has 1 aliphatic rings. The highest BCUT2D eigenvalue weighted by molar-refractivity contribution is 7.90. The van der Waals surface area contributed by atoms with Crippen molar-refractivity contribution in [3.05, 3.63) is 101 Å². The highest BCUT2D eigenvalue weighted by Gasteiger charge is 2.43. The van der Waals surface area contributed by atoms with Crippen LogP contribution in [-0.2, 0) is 32.6 Å². The van der Waals surface area contributed by atoms with E-state index < -0.39 is 46.1 Å². The van der Waals surface area contributed by atoms with Crippen LogP contribution in [-0.4, -0.2) is 54.0 Å². The number of nitrogens with zero attached hydrogens (tertiary/aromatic N) is 2. The number of carbonyl (C=O) groups excluding carboxylic acids is 3. The van der Waals surface area contributed by atoms with Gasteiger partial charge in [-0.1, -0.05) is 54.6 Å². The minimum absolute atomic E-state index is 0.0104. The van der Waals surface area contributed by atoms with Gasteiger partial charge in [0.15, 0.2) is 0 Å². The third-order valence-corrected chi connectivity index (χ3v) is 7.95. The summed E-state index contributed by atoms with van der Waals surface area (Å²) in [5.74, 6) is -2.43. The maximum atomic E-state index is 13.8. The van der Waals surface area contributed by atoms with Crippen LogP contribution in [0.25, 0.3) is 0 Å². The molecule has 0 bridgehead atoms. The van der Waals surface area contributed by atoms with Gasteiger partial charge in [-0.3, -0.25) is 14.4 Å². The van der Waals surface area contributed by atoms with Gasteiger partial charge in [-0.2, -0.15) is 0 Å². The summed E-state index contributed by atoms with van der Waals surface area (Å²) in [7, 11) is -4.24. The first-order chi connectivity index (χ1) is 18.1. The summed E-state index contributed by atoms with van der Waals surface area (Å²) >= 11 is 0. The number of hydrogen-bond acceptors (Lipinski definition) is 5. The van der Waals surface area contributed by atoms with Gasteiger partial charge >= 0.3 is 0 Å². The molecule has 0 fully saturated rings. The minimum atomic E-state index is -4.24. The van der Waals surface area contributed by atoms with E-state index in [1.807, 2.05) is 30.3 Å². The van der Waals surface area contributed by atoms with Crippen LogP contribution in [0.2, 0.25) is 0 Å². The Morgan fingerprint density at radius 1 is 0.921 bits per heavy atom. The van der Waals surface area contributed by atoms with Crippen LogP contribution in [0, 0.1) is 5.82 Å². The Morgan fingerprint density at radius 2 is 1.55 bits per heavy atom. The molecule has 1 heterocycles. The van der Waals surface area contributed by atoms with Crippen LogP contribution in [0.1, 0.15) is 35.3 Å². The molecule has 0 unspecified atom stereocenters. The molecule has 0 saturated carbocycles. The van der Waals surface area contributed by atoms with Crippen LogP contribution in [0.3, 0.4) is 0 Å². The lowest BCUT2D eigenvalue weighted by atomic mass is 10.0. The van der Waals surface area contributed by atoms with Crippen molar-refractivity contribution < 1.29 is 27.2 Å². The van der Waals surface area contributed by atoms with Crippen LogP contribution in [0.4, 0.5) is 4.39 Å². The van der Waals surface area contributed by atoms with Crippen molar-refractivity contribution >= 4 is 27.7 Å². The fraction of sp³-hybridized carbons (Fsp3) is 0.250. The zero-order chi connectivity index (χ0) is 27.4. The van der Waals surface area contributed by atoms with Crippen LogP contribution in [0.15, 0.2) is 83.8 Å². The van der Waals surface area contributed by atoms with Gasteiger partial charge < -0.3 is 10.2 Å². The Hall–Kier alpha value is -4.05. The lowest BCUT2D eigenvalue weighted by Crippen LogP contribution is -2.54. The van der Waals surface area contributed by atoms with Gasteiger partial charge in [-0.25, -0.2) is 17.1 Å². The largest absolute Gasteiger partial charge is 0.352 e. The standard InChI is InChI=1S/C28H28FN3O5S/c1-19(2)30-27(34)24(16-20-8-4-3-5-9-20)31(17-21-12-14-22(29)15-13-21)26(33)18-32-28(35)23-10-6-7-11-25(23)38(32,36)37/h3-15,19,24H,16-18H2,1-2H3,(H,30,34)/t24-/m0/s1. The third kappa shape index (κ3) is 5.75. The average Bonchev–Trinajstić information content (AvgIpc) is 3.08. The summed E-state index contributed by atoms with van der Waals surface area (Å²) in [5.41, 5.74) is 1.31. The number of rotatable bonds is 9. The molecule has 3 aromatic carbocycles. The van der Waals surface area contributed by atoms with E-state index in [0.29, 0.717) is 9.87 Å². The van der Waals surface area contributed by atoms with Crippen LogP contribution >= 0.6 is 0 Å². The second-order valence-corrected chi connectivity index (χ2v) is 11.2. The molecule has 0 saturated heterocycles. The molecule has 0 spiro atoms. The fourth-order valence-electron chi connectivity index (χ4n) is 4.32. The summed E-state index contributed by atoms with van der Waals surface area (Å²) in [6.07, 6.45) is 0.146. The van der Waals surface area contributed by atoms with E-state index in [2.05, 4.69) is 5.32 Å². The van der Waals surface area contributed by atoms with Gasteiger partial charge in [0.25, 0.3) is 15.9 Å². The van der Waals surface area contributed by atoms with Crippen molar-refractivity contribution in [2.45, 2.75) is 43.8 Å². The Kier molecular flexibility index (Phi) is 7.91. The van der Waals surface area contributed by atoms with Gasteiger partial charge in [0, 0.05) is 19.0 Å². The molecular formula is C28H28FN3O5S. The van der Waals surface area contributed by atoms with Crippen molar-refractivity contribution in [1.82, 2.24) is 14.5 Å². The molecule has 1 N–H and O–H groups in total. The van der Waals surface area contributed by atoms with Gasteiger partial charge in [-0.15, -0.1) is 0 Å². The van der Waals surface area contributed by atoms with Crippen molar-refractivity contribution in [3.8, 4) is 0 Å². The maximum absolute atomic E-state index is 13.8. The van der Waals surface area contributed by atoms with Crippen LogP contribution in [0.5, 0.6) is 0 Å². The Labute approximate surface area is 221 Å². The van der Waals surface area contributed by atoms with Gasteiger partial charge in [0.1, 0.15) is 23.3 Å². The fourth-order valence-corrected chi connectivity index (χ4v) is 5.84. The number of sulfonamides is 1. The molecule has 38 heavy (non-hydrogen) atoms. The lowest BCUT2D eigenvalue weighted by molar-refractivity contribution is -0.141. The quantitative estimate of drug-likeness (QED) is 0.452. The normalized spacial score (nSPS) is 14.7. The first-order valence-electron chi connectivity index (χ1n) is 12.1. The van der Waals surface area contributed by atoms with E-state index in [9.17, 15) is 27.2 Å². The topological polar surface area (TPSA) is 104 Å². The van der Waals surface area contributed by atoms with Crippen molar-refractivity contribution in [3.63, 3.8) is 0 Å². The number of amides is 3. The predicted octanol–water partition coefficient (Wildman–Crippen LogP) is 3.13. The zero-order valence-corrected chi connectivity index (χ0v) is 21.8. The van der Waals surface area contributed by atoms with Gasteiger partial charge in [0.05, 0.1) is 5.56 Å². The Morgan fingerprint density at radius 3 is 2.18 bits per heavy atom. The molecule has 0 aliphatic carbocycles. The molecule has 4 rings (SSSR count). The van der Waals surface area contributed by atoms with Crippen molar-refractivity contribution in [2.75, 3.05) is 6.54 Å². The maximum Gasteiger partial charge on any atom is 0.269 e. The monoisotopic (exact) mass is 537 g/mol. The number of fused-ring (bicyclic) bond motifs is 1. The number of nitrogens with one attached hydrogen (secondary N) is 1. The van der Waals surface area contributed by atoms with Gasteiger partial charge in [0.2, 0.25) is 11.8 Å². The summed E-state index contributed by atoms with van der Waals surface area (Å²) < 4.78 is 40.3. The summed E-state index contributed by atoms with van der Waals surface area (Å²) in [4.78, 5) is 41.2. The molecule has 0 aromatic heterocycles. The number of hydrogen-bond donors (Lipinski definition) is 1. The van der Waals surface area contributed by atoms with Crippen LogP contribution < -0.4 is 5.32 Å². The lowest BCUT2D eigenvalue weighted by Gasteiger charge is -2.33. The second kappa shape index (κ2) is 11.1. The number of benzene rings is 3. The predicted molar refractivity (Wildman–Crippen MR) is 139 cm³/mol. The van der Waals surface area contributed by atoms with Crippen molar-refractivity contribution in [2.24, 2.45) is 0 Å². The summed E-state index contributed by atoms with van der Waals surface area (Å²) in [6, 6.07) is 19.1. The molecule has 0 radical (unpaired) electrons. The zero-order valence-electron chi connectivity index (χ0n) is 21.0. The molecule has 10 heteroatoms. The van der Waals surface area contributed by atoms with E-state index in [1.165, 1.54) is 47.4 Å². The molecule has 3 aromatic rings. The highest BCUT2D eigenvalue weighted by Crippen LogP contribution is 2.30. The van der Waals surface area contributed by atoms with E-state index in [0.717, 1.165) is 5.56 Å². The number of halogens is 1. The molecule has 3 amide bonds. The number of carbonyl (C=O) groups is 3. The minimum Gasteiger partial charge on any atom is -0.352 e. The molecular weight excluding hydrogens is 509 g/mol. The average molecular weight is 538 g/mol. The molecule has 8 nitrogen and oxygen atoms in total. The Bertz CT molecular complexity index is 1440. The first kappa shape index (κ1) is 27.0. The third-order valence-electron chi connectivity index (χ3n) is 6.16. The van der Waals surface area contributed by atoms with Gasteiger partial charge in [-0.05, 0) is 49.2 Å². The molecule has 1 atom stereocenters. The molecule has 198 valence electrons. The highest BCUT2D eigenvalue weighted by atomic mass is 32.2. The van der Waals surface area contributed by atoms with E-state index in [4.69, 9.17) is 0 Å². The van der Waals surface area contributed by atoms with E-state index in [1.54, 1.807) is 19.9 Å².